The van der Waals surface area contributed by atoms with E-state index in [0.29, 0.717) is 35.6 Å². The number of nitrogens with zero attached hydrogens (tertiary/aromatic N) is 2. The number of aromatic carboxylic acids is 2. The highest BCUT2D eigenvalue weighted by Gasteiger charge is 2.41. The molecular weight excluding hydrogens is 502 g/mol. The molecule has 0 bridgehead atoms. The van der Waals surface area contributed by atoms with Crippen molar-refractivity contribution in [1.29, 1.82) is 0 Å². The Morgan fingerprint density at radius 2 is 1.76 bits per heavy atom. The molecule has 0 amide bonds. The second-order valence-corrected chi connectivity index (χ2v) is 10.5. The molecule has 2 aromatic heterocycles. The van der Waals surface area contributed by atoms with Crippen molar-refractivity contribution in [2.24, 2.45) is 0 Å². The third-order valence-corrected chi connectivity index (χ3v) is 8.30. The molecule has 8 nitrogen and oxygen atoms in total. The molecule has 190 valence electrons. The number of aromatic nitrogens is 2. The average molecular weight is 526 g/mol. The minimum atomic E-state index is -1.07. The second-order valence-electron chi connectivity index (χ2n) is 9.50. The molecule has 6 rings (SSSR count). The normalized spacial score (nSPS) is 18.5. The first-order valence-electron chi connectivity index (χ1n) is 12.2. The molecule has 4 aromatic rings. The van der Waals surface area contributed by atoms with Crippen LogP contribution in [0.5, 0.6) is 0 Å². The van der Waals surface area contributed by atoms with E-state index in [4.69, 9.17) is 5.10 Å². The van der Waals surface area contributed by atoms with Gasteiger partial charge in [-0.15, -0.1) is 11.3 Å². The number of rotatable bonds is 5. The van der Waals surface area contributed by atoms with E-state index in [1.54, 1.807) is 58.5 Å². The quantitative estimate of drug-likeness (QED) is 0.310. The number of anilines is 1. The molecule has 0 spiro atoms. The molecule has 9 heteroatoms. The molecule has 0 saturated heterocycles. The van der Waals surface area contributed by atoms with Crippen molar-refractivity contribution in [3.8, 4) is 5.69 Å². The van der Waals surface area contributed by atoms with Gasteiger partial charge in [0.15, 0.2) is 5.78 Å². The number of nitrogens with one attached hydrogen (secondary N) is 1. The fourth-order valence-corrected chi connectivity index (χ4v) is 6.40. The molecule has 2 aromatic carbocycles. The van der Waals surface area contributed by atoms with Crippen LogP contribution in [0.2, 0.25) is 0 Å². The first kappa shape index (κ1) is 23.9. The molecule has 38 heavy (non-hydrogen) atoms. The molecule has 3 N–H and O–H groups in total. The SMILES string of the molecule is Cc1nn(-c2ccccc2C(=O)O)c2c1[C@H](c1ccc(C(=O)O)cc1)C1=C(C[C@@H](c3cccs3)CC1=O)N2. The topological polar surface area (TPSA) is 122 Å². The lowest BCUT2D eigenvalue weighted by Gasteiger charge is -2.35. The predicted octanol–water partition coefficient (Wildman–Crippen LogP) is 5.60. The van der Waals surface area contributed by atoms with Crippen LogP contribution < -0.4 is 5.32 Å². The highest BCUT2D eigenvalue weighted by molar-refractivity contribution is 7.10. The van der Waals surface area contributed by atoms with Crippen molar-refractivity contribution in [3.63, 3.8) is 0 Å². The van der Waals surface area contributed by atoms with Gasteiger partial charge in [-0.2, -0.15) is 5.10 Å². The zero-order valence-corrected chi connectivity index (χ0v) is 21.2. The van der Waals surface area contributed by atoms with Crippen LogP contribution in [-0.4, -0.2) is 37.7 Å². The van der Waals surface area contributed by atoms with Crippen LogP contribution in [0.15, 0.2) is 77.3 Å². The zero-order valence-electron chi connectivity index (χ0n) is 20.3. The van der Waals surface area contributed by atoms with E-state index in [1.165, 1.54) is 6.07 Å². The maximum Gasteiger partial charge on any atom is 0.337 e. The standard InChI is InChI=1S/C29H23N3O5S/c1-15-24-25(16-8-10-17(11-9-16)28(34)35)26-20(13-18(14-22(26)33)23-7-4-12-38-23)30-27(24)32(31-15)21-6-3-2-5-19(21)29(36)37/h2-12,18,25,30H,13-14H2,1H3,(H,34,35)(H,36,37)/t18-,25+/m1/s1. The summed E-state index contributed by atoms with van der Waals surface area (Å²) in [6, 6.07) is 17.3. The number of Topliss-reactive ketones (excluding diaryl/α,β-unsaturated/α-hetero) is 1. The number of para-hydroxylation sites is 1. The van der Waals surface area contributed by atoms with Gasteiger partial charge in [0, 0.05) is 40.0 Å². The lowest BCUT2D eigenvalue weighted by Crippen LogP contribution is -2.30. The molecule has 3 heterocycles. The third-order valence-electron chi connectivity index (χ3n) is 7.26. The van der Waals surface area contributed by atoms with Gasteiger partial charge in [-0.3, -0.25) is 4.79 Å². The Balaban J connectivity index is 1.56. The number of aryl methyl sites for hydroxylation is 1. The molecule has 2 atom stereocenters. The summed E-state index contributed by atoms with van der Waals surface area (Å²) >= 11 is 1.63. The van der Waals surface area contributed by atoms with Gasteiger partial charge in [-0.1, -0.05) is 30.3 Å². The van der Waals surface area contributed by atoms with E-state index in [9.17, 15) is 24.6 Å². The molecule has 2 aliphatic rings. The van der Waals surface area contributed by atoms with Crippen LogP contribution in [0.4, 0.5) is 5.82 Å². The summed E-state index contributed by atoms with van der Waals surface area (Å²) in [5, 5.41) is 29.5. The number of hydrogen-bond donors (Lipinski definition) is 3. The minimum absolute atomic E-state index is 0.0354. The Labute approximate surface area is 221 Å². The van der Waals surface area contributed by atoms with E-state index >= 15 is 0 Å². The maximum absolute atomic E-state index is 13.7. The van der Waals surface area contributed by atoms with Gasteiger partial charge < -0.3 is 15.5 Å². The minimum Gasteiger partial charge on any atom is -0.478 e. The number of benzene rings is 2. The number of carbonyl (C=O) groups is 3. The number of fused-ring (bicyclic) bond motifs is 1. The van der Waals surface area contributed by atoms with Gasteiger partial charge in [-0.25, -0.2) is 14.3 Å². The number of allylic oxidation sites excluding steroid dienone is 2. The van der Waals surface area contributed by atoms with Crippen LogP contribution >= 0.6 is 11.3 Å². The summed E-state index contributed by atoms with van der Waals surface area (Å²) < 4.78 is 1.61. The number of hydrogen-bond acceptors (Lipinski definition) is 6. The zero-order chi connectivity index (χ0) is 26.6. The van der Waals surface area contributed by atoms with Crippen molar-refractivity contribution >= 4 is 34.9 Å². The molecule has 0 fully saturated rings. The van der Waals surface area contributed by atoms with Crippen molar-refractivity contribution in [3.05, 3.63) is 110 Å². The lowest BCUT2D eigenvalue weighted by atomic mass is 9.73. The van der Waals surface area contributed by atoms with Crippen LogP contribution in [-0.2, 0) is 4.79 Å². The number of carboxylic acid groups (broad SMARTS) is 2. The third kappa shape index (κ3) is 3.83. The van der Waals surface area contributed by atoms with E-state index in [2.05, 4.69) is 5.32 Å². The summed E-state index contributed by atoms with van der Waals surface area (Å²) in [6.45, 7) is 1.84. The van der Waals surface area contributed by atoms with E-state index in [1.807, 2.05) is 24.4 Å². The summed E-state index contributed by atoms with van der Waals surface area (Å²) in [6.07, 6.45) is 1.00. The molecule has 0 unspecified atom stereocenters. The smallest absolute Gasteiger partial charge is 0.337 e. The van der Waals surface area contributed by atoms with Crippen molar-refractivity contribution in [1.82, 2.24) is 9.78 Å². The van der Waals surface area contributed by atoms with Gasteiger partial charge in [0.25, 0.3) is 0 Å². The summed E-state index contributed by atoms with van der Waals surface area (Å²) in [7, 11) is 0. The highest BCUT2D eigenvalue weighted by atomic mass is 32.1. The van der Waals surface area contributed by atoms with Crippen LogP contribution in [0.1, 0.15) is 67.1 Å². The predicted molar refractivity (Wildman–Crippen MR) is 142 cm³/mol. The Bertz CT molecular complexity index is 1630. The monoisotopic (exact) mass is 525 g/mol. The number of carboxylic acids is 2. The summed E-state index contributed by atoms with van der Waals surface area (Å²) in [4.78, 5) is 38.4. The van der Waals surface area contributed by atoms with Crippen molar-refractivity contribution in [2.75, 3.05) is 5.32 Å². The Morgan fingerprint density at radius 1 is 1.00 bits per heavy atom. The number of carbonyl (C=O) groups excluding carboxylic acids is 1. The van der Waals surface area contributed by atoms with Crippen molar-refractivity contribution < 1.29 is 24.6 Å². The fraction of sp³-hybridized carbons (Fsp3) is 0.172. The van der Waals surface area contributed by atoms with Gasteiger partial charge in [0.1, 0.15) is 5.82 Å². The van der Waals surface area contributed by atoms with E-state index < -0.39 is 17.9 Å². The molecule has 0 radical (unpaired) electrons. The number of ketones is 1. The molecule has 0 saturated carbocycles. The van der Waals surface area contributed by atoms with Crippen molar-refractivity contribution in [2.45, 2.75) is 31.6 Å². The van der Waals surface area contributed by atoms with Gasteiger partial charge >= 0.3 is 11.9 Å². The average Bonchev–Trinajstić information content (AvgIpc) is 3.56. The van der Waals surface area contributed by atoms with E-state index in [0.717, 1.165) is 21.7 Å². The van der Waals surface area contributed by atoms with Crippen LogP contribution in [0.3, 0.4) is 0 Å². The maximum atomic E-state index is 13.7. The molecule has 1 aliphatic carbocycles. The fourth-order valence-electron chi connectivity index (χ4n) is 5.57. The molecular formula is C29H23N3O5S. The van der Waals surface area contributed by atoms with Crippen LogP contribution in [0, 0.1) is 6.92 Å². The lowest BCUT2D eigenvalue weighted by molar-refractivity contribution is -0.116. The Morgan fingerprint density at radius 3 is 2.45 bits per heavy atom. The van der Waals surface area contributed by atoms with Gasteiger partial charge in [0.05, 0.1) is 22.5 Å². The summed E-state index contributed by atoms with van der Waals surface area (Å²) in [5.41, 5.74) is 4.33. The Kier molecular flexibility index (Phi) is 5.72. The van der Waals surface area contributed by atoms with Crippen LogP contribution in [0.25, 0.3) is 5.69 Å². The van der Waals surface area contributed by atoms with Gasteiger partial charge in [0.2, 0.25) is 0 Å². The van der Waals surface area contributed by atoms with E-state index in [-0.39, 0.29) is 22.8 Å². The first-order valence-corrected chi connectivity index (χ1v) is 13.0. The second kappa shape index (κ2) is 9.11. The largest absolute Gasteiger partial charge is 0.478 e. The number of thiophene rings is 1. The Hall–Kier alpha value is -4.50. The summed E-state index contributed by atoms with van der Waals surface area (Å²) in [5.74, 6) is -1.87. The highest BCUT2D eigenvalue weighted by Crippen LogP contribution is 2.50. The first-order chi connectivity index (χ1) is 18.3. The molecule has 1 aliphatic heterocycles. The van der Waals surface area contributed by atoms with Gasteiger partial charge in [-0.05, 0) is 54.6 Å².